The molecule has 0 saturated carbocycles. The zero-order valence-corrected chi connectivity index (χ0v) is 11.9. The van der Waals surface area contributed by atoms with Crippen LogP contribution in [0.15, 0.2) is 18.2 Å². The number of rotatable bonds is 7. The minimum absolute atomic E-state index is 0.173. The van der Waals surface area contributed by atoms with Crippen molar-refractivity contribution in [3.63, 3.8) is 0 Å². The van der Waals surface area contributed by atoms with E-state index in [9.17, 15) is 9.18 Å². The number of nitrogens with one attached hydrogen (secondary N) is 1. The van der Waals surface area contributed by atoms with Crippen LogP contribution in [0.3, 0.4) is 0 Å². The predicted molar refractivity (Wildman–Crippen MR) is 77.2 cm³/mol. The summed E-state index contributed by atoms with van der Waals surface area (Å²) in [5, 5.41) is 2.59. The van der Waals surface area contributed by atoms with Crippen LogP contribution < -0.4 is 15.8 Å². The first-order chi connectivity index (χ1) is 9.08. The summed E-state index contributed by atoms with van der Waals surface area (Å²) in [6.07, 6.45) is 2.54. The average molecular weight is 286 g/mol. The first kappa shape index (κ1) is 15.8. The van der Waals surface area contributed by atoms with E-state index in [-0.39, 0.29) is 11.7 Å². The van der Waals surface area contributed by atoms with Crippen molar-refractivity contribution < 1.29 is 13.9 Å². The number of halogens is 1. The Morgan fingerprint density at radius 1 is 1.58 bits per heavy atom. The molecule has 6 heteroatoms. The van der Waals surface area contributed by atoms with Crippen LogP contribution in [0.2, 0.25) is 0 Å². The van der Waals surface area contributed by atoms with Crippen molar-refractivity contribution in [2.45, 2.75) is 19.4 Å². The second-order valence-corrected chi connectivity index (χ2v) is 4.94. The molecular formula is C13H19FN2O2S. The summed E-state index contributed by atoms with van der Waals surface area (Å²) >= 11 is 1.63. The van der Waals surface area contributed by atoms with Gasteiger partial charge in [-0.1, -0.05) is 0 Å². The predicted octanol–water partition coefficient (Wildman–Crippen LogP) is 2.24. The molecule has 0 aliphatic rings. The molecule has 1 amide bonds. The Morgan fingerprint density at radius 3 is 2.89 bits per heavy atom. The highest BCUT2D eigenvalue weighted by Crippen LogP contribution is 2.21. The lowest BCUT2D eigenvalue weighted by Gasteiger charge is -2.12. The quantitative estimate of drug-likeness (QED) is 0.807. The van der Waals surface area contributed by atoms with Gasteiger partial charge >= 0.3 is 0 Å². The molecule has 0 bridgehead atoms. The largest absolute Gasteiger partial charge is 0.491 e. The van der Waals surface area contributed by atoms with Crippen molar-refractivity contribution in [3.8, 4) is 5.75 Å². The maximum atomic E-state index is 13.6. The molecule has 1 rings (SSSR count). The first-order valence-electron chi connectivity index (χ1n) is 6.06. The average Bonchev–Trinajstić information content (AvgIpc) is 2.39. The van der Waals surface area contributed by atoms with E-state index in [0.29, 0.717) is 18.7 Å². The molecule has 0 fully saturated rings. The monoisotopic (exact) mass is 286 g/mol. The number of hydrogen-bond acceptors (Lipinski definition) is 4. The molecule has 0 aromatic heterocycles. The second kappa shape index (κ2) is 8.01. The molecule has 4 nitrogen and oxygen atoms in total. The molecule has 1 aromatic rings. The van der Waals surface area contributed by atoms with Gasteiger partial charge in [0.2, 0.25) is 5.91 Å². The summed E-state index contributed by atoms with van der Waals surface area (Å²) in [5.74, 6) is 0.175. The number of carbonyl (C=O) groups excluding carboxylic acids is 1. The lowest BCUT2D eigenvalue weighted by molar-refractivity contribution is -0.117. The van der Waals surface area contributed by atoms with Gasteiger partial charge in [-0.15, -0.1) is 0 Å². The third-order valence-electron chi connectivity index (χ3n) is 2.47. The number of amides is 1. The third-order valence-corrected chi connectivity index (χ3v) is 3.11. The molecule has 0 unspecified atom stereocenters. The Labute approximate surface area is 116 Å². The van der Waals surface area contributed by atoms with Gasteiger partial charge in [0.05, 0.1) is 12.6 Å². The van der Waals surface area contributed by atoms with Crippen molar-refractivity contribution in [1.29, 1.82) is 0 Å². The normalized spacial score (nSPS) is 12.0. The number of hydrogen-bond donors (Lipinski definition) is 2. The standard InChI is InChI=1S/C13H19FN2O2S/c1-3-18-12-5-4-9(8-10(12)14)16-13(17)11(15)6-7-19-2/h4-5,8,11H,3,6-7,15H2,1-2H3,(H,16,17)/t11-/m0/s1. The lowest BCUT2D eigenvalue weighted by atomic mass is 10.2. The van der Waals surface area contributed by atoms with E-state index >= 15 is 0 Å². The summed E-state index contributed by atoms with van der Waals surface area (Å²) < 4.78 is 18.7. The molecule has 0 spiro atoms. The Hall–Kier alpha value is -1.27. The van der Waals surface area contributed by atoms with E-state index in [1.165, 1.54) is 12.1 Å². The van der Waals surface area contributed by atoms with Gasteiger partial charge in [-0.2, -0.15) is 11.8 Å². The van der Waals surface area contributed by atoms with Gasteiger partial charge in [0.25, 0.3) is 0 Å². The Bertz CT molecular complexity index is 429. The maximum absolute atomic E-state index is 13.6. The van der Waals surface area contributed by atoms with E-state index < -0.39 is 11.9 Å². The van der Waals surface area contributed by atoms with Gasteiger partial charge in [-0.3, -0.25) is 4.79 Å². The Balaban J connectivity index is 2.62. The zero-order valence-electron chi connectivity index (χ0n) is 11.1. The van der Waals surface area contributed by atoms with Crippen LogP contribution >= 0.6 is 11.8 Å². The molecule has 3 N–H and O–H groups in total. The summed E-state index contributed by atoms with van der Waals surface area (Å²) in [6.45, 7) is 2.17. The maximum Gasteiger partial charge on any atom is 0.241 e. The molecular weight excluding hydrogens is 267 g/mol. The van der Waals surface area contributed by atoms with Crippen LogP contribution in [0.1, 0.15) is 13.3 Å². The minimum atomic E-state index is -0.581. The molecule has 0 radical (unpaired) electrons. The van der Waals surface area contributed by atoms with Gasteiger partial charge in [0, 0.05) is 11.8 Å². The SMILES string of the molecule is CCOc1ccc(NC(=O)[C@@H](N)CCSC)cc1F. The molecule has 0 heterocycles. The Morgan fingerprint density at radius 2 is 2.32 bits per heavy atom. The van der Waals surface area contributed by atoms with Crippen molar-refractivity contribution in [2.24, 2.45) is 5.73 Å². The lowest BCUT2D eigenvalue weighted by Crippen LogP contribution is -2.36. The Kier molecular flexibility index (Phi) is 6.66. The molecule has 0 aliphatic carbocycles. The number of benzene rings is 1. The minimum Gasteiger partial charge on any atom is -0.491 e. The fourth-order valence-electron chi connectivity index (χ4n) is 1.46. The van der Waals surface area contributed by atoms with Crippen LogP contribution in [0.5, 0.6) is 5.75 Å². The van der Waals surface area contributed by atoms with E-state index in [4.69, 9.17) is 10.5 Å². The van der Waals surface area contributed by atoms with Crippen LogP contribution in [0.4, 0.5) is 10.1 Å². The van der Waals surface area contributed by atoms with Crippen LogP contribution in [0.25, 0.3) is 0 Å². The van der Waals surface area contributed by atoms with Crippen LogP contribution in [0, 0.1) is 5.82 Å². The highest BCUT2D eigenvalue weighted by molar-refractivity contribution is 7.98. The number of anilines is 1. The highest BCUT2D eigenvalue weighted by atomic mass is 32.2. The van der Waals surface area contributed by atoms with E-state index in [2.05, 4.69) is 5.32 Å². The number of thioether (sulfide) groups is 1. The highest BCUT2D eigenvalue weighted by Gasteiger charge is 2.14. The molecule has 1 atom stereocenters. The molecule has 0 aliphatic heterocycles. The van der Waals surface area contributed by atoms with Gasteiger partial charge in [-0.25, -0.2) is 4.39 Å². The fourth-order valence-corrected chi connectivity index (χ4v) is 1.95. The summed E-state index contributed by atoms with van der Waals surface area (Å²) in [5.41, 5.74) is 6.10. The van der Waals surface area contributed by atoms with Crippen molar-refractivity contribution in [1.82, 2.24) is 0 Å². The van der Waals surface area contributed by atoms with E-state index in [1.54, 1.807) is 24.8 Å². The second-order valence-electron chi connectivity index (χ2n) is 3.96. The summed E-state index contributed by atoms with van der Waals surface area (Å²) in [6, 6.07) is 3.72. The van der Waals surface area contributed by atoms with Crippen molar-refractivity contribution >= 4 is 23.4 Å². The smallest absolute Gasteiger partial charge is 0.241 e. The van der Waals surface area contributed by atoms with Crippen molar-refractivity contribution in [2.75, 3.05) is 23.9 Å². The van der Waals surface area contributed by atoms with Crippen molar-refractivity contribution in [3.05, 3.63) is 24.0 Å². The fraction of sp³-hybridized carbons (Fsp3) is 0.462. The molecule has 19 heavy (non-hydrogen) atoms. The third kappa shape index (κ3) is 5.08. The van der Waals surface area contributed by atoms with Gasteiger partial charge in [0.1, 0.15) is 0 Å². The first-order valence-corrected chi connectivity index (χ1v) is 7.45. The molecule has 106 valence electrons. The number of ether oxygens (including phenoxy) is 1. The summed E-state index contributed by atoms with van der Waals surface area (Å²) in [7, 11) is 0. The van der Waals surface area contributed by atoms with Gasteiger partial charge < -0.3 is 15.8 Å². The number of carbonyl (C=O) groups is 1. The number of nitrogens with two attached hydrogens (primary N) is 1. The molecule has 0 saturated heterocycles. The van der Waals surface area contributed by atoms with Crippen LogP contribution in [-0.4, -0.2) is 30.6 Å². The van der Waals surface area contributed by atoms with E-state index in [1.807, 2.05) is 6.26 Å². The van der Waals surface area contributed by atoms with E-state index in [0.717, 1.165) is 5.75 Å². The topological polar surface area (TPSA) is 64.3 Å². The van der Waals surface area contributed by atoms with Crippen LogP contribution in [-0.2, 0) is 4.79 Å². The zero-order chi connectivity index (χ0) is 14.3. The van der Waals surface area contributed by atoms with Gasteiger partial charge in [-0.05, 0) is 37.5 Å². The summed E-state index contributed by atoms with van der Waals surface area (Å²) in [4.78, 5) is 11.7. The molecule has 1 aromatic carbocycles. The van der Waals surface area contributed by atoms with Gasteiger partial charge in [0.15, 0.2) is 11.6 Å².